The van der Waals surface area contributed by atoms with E-state index in [1.54, 1.807) is 0 Å². The molecule has 1 amide bonds. The maximum Gasteiger partial charge on any atom is 0.428 e. The lowest BCUT2D eigenvalue weighted by Crippen LogP contribution is -2.68. The highest BCUT2D eigenvalue weighted by Crippen LogP contribution is 2.49. The highest BCUT2D eigenvalue weighted by atomic mass is 19.4. The monoisotopic (exact) mass is 337 g/mol. The average Bonchev–Trinajstić information content (AvgIpc) is 2.70. The molecule has 22 heavy (non-hydrogen) atoms. The van der Waals surface area contributed by atoms with Gasteiger partial charge in [-0.15, -0.1) is 0 Å². The van der Waals surface area contributed by atoms with Crippen molar-refractivity contribution in [2.24, 2.45) is 0 Å². The number of nitrogens with zero attached hydrogens (tertiary/aromatic N) is 1. The fourth-order valence-corrected chi connectivity index (χ4v) is 2.28. The Kier molecular flexibility index (Phi) is 4.69. The Morgan fingerprint density at radius 1 is 1.09 bits per heavy atom. The normalized spacial score (nSPS) is 21.2. The van der Waals surface area contributed by atoms with E-state index >= 15 is 0 Å². The van der Waals surface area contributed by atoms with Gasteiger partial charge in [0.25, 0.3) is 5.60 Å². The SMILES string of the molecule is CC(C)(C)OC(=O)N1CCCC1C(O)(C(F)(F)F)C(F)(F)F. The lowest BCUT2D eigenvalue weighted by atomic mass is 9.90. The standard InChI is InChI=1S/C12H17F6NO3/c1-9(2,3)22-8(20)19-6-4-5-7(19)10(21,11(13,14)15)12(16,17)18/h7,21H,4-6H2,1-3H3. The minimum absolute atomic E-state index is 0.0988. The van der Waals surface area contributed by atoms with Gasteiger partial charge in [-0.25, -0.2) is 4.79 Å². The molecule has 1 N–H and O–H groups in total. The zero-order valence-corrected chi connectivity index (χ0v) is 12.2. The van der Waals surface area contributed by atoms with Crippen LogP contribution < -0.4 is 0 Å². The molecule has 1 aliphatic heterocycles. The van der Waals surface area contributed by atoms with Crippen LogP contribution in [0, 0.1) is 0 Å². The first kappa shape index (κ1) is 18.9. The number of carbonyl (C=O) groups excluding carboxylic acids is 1. The third kappa shape index (κ3) is 3.41. The predicted octanol–water partition coefficient (Wildman–Crippen LogP) is 3.24. The molecule has 0 aliphatic carbocycles. The Hall–Kier alpha value is -1.19. The summed E-state index contributed by atoms with van der Waals surface area (Å²) < 4.78 is 82.1. The van der Waals surface area contributed by atoms with Crippen LogP contribution in [-0.4, -0.2) is 52.2 Å². The van der Waals surface area contributed by atoms with Gasteiger partial charge in [0.15, 0.2) is 0 Å². The van der Waals surface area contributed by atoms with Gasteiger partial charge in [0.2, 0.25) is 0 Å². The molecule has 1 unspecified atom stereocenters. The van der Waals surface area contributed by atoms with Gasteiger partial charge in [-0.1, -0.05) is 0 Å². The second kappa shape index (κ2) is 5.47. The Morgan fingerprint density at radius 3 is 1.91 bits per heavy atom. The second-order valence-corrected chi connectivity index (χ2v) is 6.09. The molecule has 1 aliphatic rings. The number of halogens is 6. The lowest BCUT2D eigenvalue weighted by Gasteiger charge is -2.40. The van der Waals surface area contributed by atoms with Crippen molar-refractivity contribution in [2.75, 3.05) is 6.54 Å². The molecule has 130 valence electrons. The van der Waals surface area contributed by atoms with Crippen molar-refractivity contribution in [1.29, 1.82) is 0 Å². The molecule has 0 aromatic heterocycles. The number of carbonyl (C=O) groups is 1. The van der Waals surface area contributed by atoms with Crippen LogP contribution in [-0.2, 0) is 4.74 Å². The molecule has 0 bridgehead atoms. The summed E-state index contributed by atoms with van der Waals surface area (Å²) in [5.41, 5.74) is -6.08. The quantitative estimate of drug-likeness (QED) is 0.748. The fourth-order valence-electron chi connectivity index (χ4n) is 2.28. The van der Waals surface area contributed by atoms with E-state index in [-0.39, 0.29) is 13.0 Å². The first-order valence-electron chi connectivity index (χ1n) is 6.46. The minimum atomic E-state index is -5.97. The summed E-state index contributed by atoms with van der Waals surface area (Å²) in [4.78, 5) is 12.1. The number of amides is 1. The van der Waals surface area contributed by atoms with Gasteiger partial charge in [-0.3, -0.25) is 0 Å². The van der Waals surface area contributed by atoms with Gasteiger partial charge in [0, 0.05) is 6.54 Å². The van der Waals surface area contributed by atoms with Gasteiger partial charge in [0.05, 0.1) is 6.04 Å². The summed E-state index contributed by atoms with van der Waals surface area (Å²) in [6, 6.07) is -2.47. The van der Waals surface area contributed by atoms with E-state index in [1.807, 2.05) is 0 Å². The summed E-state index contributed by atoms with van der Waals surface area (Å²) in [6.07, 6.45) is -14.0. The van der Waals surface area contributed by atoms with Gasteiger partial charge < -0.3 is 14.7 Å². The molecule has 1 fully saturated rings. The van der Waals surface area contributed by atoms with Crippen molar-refractivity contribution in [3.8, 4) is 0 Å². The van der Waals surface area contributed by atoms with Crippen LogP contribution in [0.4, 0.5) is 31.1 Å². The summed E-state index contributed by atoms with van der Waals surface area (Å²) in [5, 5.41) is 9.40. The first-order chi connectivity index (χ1) is 9.61. The maximum atomic E-state index is 12.9. The Morgan fingerprint density at radius 2 is 1.55 bits per heavy atom. The van der Waals surface area contributed by atoms with E-state index in [0.717, 1.165) is 0 Å². The molecule has 1 saturated heterocycles. The molecule has 0 aromatic rings. The highest BCUT2D eigenvalue weighted by Gasteiger charge is 2.75. The van der Waals surface area contributed by atoms with Crippen LogP contribution in [0.1, 0.15) is 33.6 Å². The Balaban J connectivity index is 3.18. The van der Waals surface area contributed by atoms with E-state index in [0.29, 0.717) is 4.90 Å². The molecule has 0 aromatic carbocycles. The smallest absolute Gasteiger partial charge is 0.428 e. The number of hydrogen-bond donors (Lipinski definition) is 1. The number of alkyl halides is 6. The van der Waals surface area contributed by atoms with Gasteiger partial charge in [-0.05, 0) is 33.6 Å². The number of hydrogen-bond acceptors (Lipinski definition) is 3. The molecule has 0 radical (unpaired) electrons. The van der Waals surface area contributed by atoms with Gasteiger partial charge in [0.1, 0.15) is 5.60 Å². The van der Waals surface area contributed by atoms with E-state index < -0.39 is 42.1 Å². The van der Waals surface area contributed by atoms with Crippen molar-refractivity contribution >= 4 is 6.09 Å². The van der Waals surface area contributed by atoms with Crippen molar-refractivity contribution in [1.82, 2.24) is 4.90 Å². The molecule has 0 saturated carbocycles. The molecule has 1 heterocycles. The number of ether oxygens (including phenoxy) is 1. The largest absolute Gasteiger partial charge is 0.444 e. The van der Waals surface area contributed by atoms with Crippen LogP contribution in [0.3, 0.4) is 0 Å². The first-order valence-corrected chi connectivity index (χ1v) is 6.46. The number of aliphatic hydroxyl groups is 1. The van der Waals surface area contributed by atoms with Crippen molar-refractivity contribution in [3.63, 3.8) is 0 Å². The van der Waals surface area contributed by atoms with Gasteiger partial charge >= 0.3 is 18.4 Å². The predicted molar refractivity (Wildman–Crippen MR) is 63.0 cm³/mol. The number of likely N-dealkylation sites (tertiary alicyclic amines) is 1. The third-order valence-electron chi connectivity index (χ3n) is 3.23. The summed E-state index contributed by atoms with van der Waals surface area (Å²) in [6.45, 7) is 3.93. The fraction of sp³-hybridized carbons (Fsp3) is 0.917. The molecule has 0 spiro atoms. The zero-order valence-electron chi connectivity index (χ0n) is 12.2. The summed E-state index contributed by atoms with van der Waals surface area (Å²) in [7, 11) is 0. The second-order valence-electron chi connectivity index (χ2n) is 6.09. The van der Waals surface area contributed by atoms with E-state index in [2.05, 4.69) is 0 Å². The van der Waals surface area contributed by atoms with E-state index in [1.165, 1.54) is 20.8 Å². The molecule has 4 nitrogen and oxygen atoms in total. The Bertz CT molecular complexity index is 412. The molecule has 1 rings (SSSR count). The minimum Gasteiger partial charge on any atom is -0.444 e. The summed E-state index contributed by atoms with van der Waals surface area (Å²) in [5.74, 6) is 0. The molecular formula is C12H17F6NO3. The zero-order chi connectivity index (χ0) is 17.6. The number of rotatable bonds is 1. The van der Waals surface area contributed by atoms with Crippen molar-refractivity contribution in [3.05, 3.63) is 0 Å². The van der Waals surface area contributed by atoms with Crippen LogP contribution in [0.2, 0.25) is 0 Å². The topological polar surface area (TPSA) is 49.8 Å². The van der Waals surface area contributed by atoms with Crippen molar-refractivity contribution < 1.29 is 41.0 Å². The average molecular weight is 337 g/mol. The highest BCUT2D eigenvalue weighted by molar-refractivity contribution is 5.69. The Labute approximate surface area is 123 Å². The van der Waals surface area contributed by atoms with Crippen LogP contribution >= 0.6 is 0 Å². The maximum absolute atomic E-state index is 12.9. The summed E-state index contributed by atoms with van der Waals surface area (Å²) >= 11 is 0. The molecular weight excluding hydrogens is 320 g/mol. The van der Waals surface area contributed by atoms with Gasteiger partial charge in [-0.2, -0.15) is 26.3 Å². The van der Waals surface area contributed by atoms with Crippen LogP contribution in [0.5, 0.6) is 0 Å². The van der Waals surface area contributed by atoms with E-state index in [4.69, 9.17) is 4.74 Å². The van der Waals surface area contributed by atoms with E-state index in [9.17, 15) is 36.2 Å². The van der Waals surface area contributed by atoms with Crippen LogP contribution in [0.15, 0.2) is 0 Å². The third-order valence-corrected chi connectivity index (χ3v) is 3.23. The molecule has 1 atom stereocenters. The lowest BCUT2D eigenvalue weighted by molar-refractivity contribution is -0.380. The van der Waals surface area contributed by atoms with Crippen LogP contribution in [0.25, 0.3) is 0 Å². The van der Waals surface area contributed by atoms with Crippen molar-refractivity contribution in [2.45, 2.75) is 63.2 Å². The molecule has 10 heteroatoms.